The van der Waals surface area contributed by atoms with Crippen molar-refractivity contribution in [2.45, 2.75) is 40.2 Å². The molecule has 0 bridgehead atoms. The van der Waals surface area contributed by atoms with Crippen molar-refractivity contribution in [2.75, 3.05) is 0 Å². The Labute approximate surface area is 108 Å². The van der Waals surface area contributed by atoms with Gasteiger partial charge in [-0.3, -0.25) is 0 Å². The quantitative estimate of drug-likeness (QED) is 0.834. The number of ether oxygens (including phenoxy) is 1. The number of aromatic carboxylic acids is 1. The number of rotatable bonds is 4. The summed E-state index contributed by atoms with van der Waals surface area (Å²) in [7, 11) is 0. The predicted molar refractivity (Wildman–Crippen MR) is 69.9 cm³/mol. The maximum absolute atomic E-state index is 11.7. The van der Waals surface area contributed by atoms with Crippen LogP contribution in [-0.2, 0) is 4.74 Å². The van der Waals surface area contributed by atoms with Crippen LogP contribution in [0.1, 0.15) is 54.8 Å². The standard InChI is InChI=1S/C12H14O4.C2H6/c1-3-8(2)16-12(15)10-7-5-4-6-9(10)11(13)14;1-2/h4-8H,3H2,1-2H3,(H,13,14);1-2H3. The lowest BCUT2D eigenvalue weighted by Crippen LogP contribution is -2.17. The van der Waals surface area contributed by atoms with Crippen LogP contribution in [0, 0.1) is 0 Å². The third kappa shape index (κ3) is 4.57. The van der Waals surface area contributed by atoms with Crippen molar-refractivity contribution >= 4 is 11.9 Å². The van der Waals surface area contributed by atoms with Gasteiger partial charge in [-0.2, -0.15) is 0 Å². The summed E-state index contributed by atoms with van der Waals surface area (Å²) in [6.45, 7) is 7.66. The summed E-state index contributed by atoms with van der Waals surface area (Å²) in [4.78, 5) is 22.5. The van der Waals surface area contributed by atoms with Crippen LogP contribution in [0.5, 0.6) is 0 Å². The van der Waals surface area contributed by atoms with Gasteiger partial charge in [-0.05, 0) is 25.5 Å². The van der Waals surface area contributed by atoms with Crippen molar-refractivity contribution in [3.05, 3.63) is 35.4 Å². The van der Waals surface area contributed by atoms with Gasteiger partial charge in [-0.25, -0.2) is 9.59 Å². The molecule has 4 heteroatoms. The van der Waals surface area contributed by atoms with E-state index >= 15 is 0 Å². The number of esters is 1. The lowest BCUT2D eigenvalue weighted by atomic mass is 10.1. The average molecular weight is 252 g/mol. The van der Waals surface area contributed by atoms with E-state index < -0.39 is 11.9 Å². The molecule has 0 heterocycles. The van der Waals surface area contributed by atoms with Gasteiger partial charge in [0.25, 0.3) is 0 Å². The van der Waals surface area contributed by atoms with E-state index in [-0.39, 0.29) is 17.2 Å². The number of carbonyl (C=O) groups excluding carboxylic acids is 1. The fourth-order valence-corrected chi connectivity index (χ4v) is 1.18. The molecule has 0 radical (unpaired) electrons. The Hall–Kier alpha value is -1.84. The van der Waals surface area contributed by atoms with E-state index in [2.05, 4.69) is 0 Å². The van der Waals surface area contributed by atoms with Crippen LogP contribution in [0.4, 0.5) is 0 Å². The smallest absolute Gasteiger partial charge is 0.339 e. The zero-order valence-electron chi connectivity index (χ0n) is 11.3. The largest absolute Gasteiger partial charge is 0.478 e. The predicted octanol–water partition coefficient (Wildman–Crippen LogP) is 3.37. The van der Waals surface area contributed by atoms with Crippen molar-refractivity contribution in [1.82, 2.24) is 0 Å². The van der Waals surface area contributed by atoms with Crippen LogP contribution in [-0.4, -0.2) is 23.1 Å². The van der Waals surface area contributed by atoms with Gasteiger partial charge in [-0.1, -0.05) is 32.9 Å². The minimum atomic E-state index is -1.13. The van der Waals surface area contributed by atoms with Gasteiger partial charge in [0.2, 0.25) is 0 Å². The number of benzene rings is 1. The Bertz CT molecular complexity index is 399. The van der Waals surface area contributed by atoms with E-state index in [9.17, 15) is 9.59 Å². The Morgan fingerprint density at radius 1 is 1.22 bits per heavy atom. The molecule has 100 valence electrons. The third-order valence-electron chi connectivity index (χ3n) is 2.26. The van der Waals surface area contributed by atoms with Crippen LogP contribution in [0.25, 0.3) is 0 Å². The molecule has 1 atom stereocenters. The molecule has 0 aliphatic carbocycles. The molecule has 0 saturated heterocycles. The summed E-state index contributed by atoms with van der Waals surface area (Å²) in [5, 5.41) is 8.90. The van der Waals surface area contributed by atoms with E-state index in [1.54, 1.807) is 19.1 Å². The zero-order chi connectivity index (χ0) is 14.1. The number of hydrogen-bond acceptors (Lipinski definition) is 3. The minimum absolute atomic E-state index is 0.0317. The first kappa shape index (κ1) is 16.2. The Morgan fingerprint density at radius 3 is 2.17 bits per heavy atom. The maximum atomic E-state index is 11.7. The first-order valence-corrected chi connectivity index (χ1v) is 6.09. The van der Waals surface area contributed by atoms with E-state index in [1.165, 1.54) is 12.1 Å². The van der Waals surface area contributed by atoms with Gasteiger partial charge in [0.05, 0.1) is 17.2 Å². The average Bonchev–Trinajstić information content (AvgIpc) is 2.40. The third-order valence-corrected chi connectivity index (χ3v) is 2.26. The highest BCUT2D eigenvalue weighted by molar-refractivity contribution is 6.02. The van der Waals surface area contributed by atoms with E-state index in [1.807, 2.05) is 20.8 Å². The second-order valence-corrected chi connectivity index (χ2v) is 3.47. The molecule has 0 aromatic heterocycles. The van der Waals surface area contributed by atoms with Crippen LogP contribution in [0.3, 0.4) is 0 Å². The number of carbonyl (C=O) groups is 2. The van der Waals surface area contributed by atoms with Crippen LogP contribution in [0.15, 0.2) is 24.3 Å². The summed E-state index contributed by atoms with van der Waals surface area (Å²) < 4.78 is 5.07. The second-order valence-electron chi connectivity index (χ2n) is 3.47. The van der Waals surface area contributed by atoms with Crippen LogP contribution >= 0.6 is 0 Å². The van der Waals surface area contributed by atoms with Crippen LogP contribution in [0.2, 0.25) is 0 Å². The van der Waals surface area contributed by atoms with Gasteiger partial charge in [0.15, 0.2) is 0 Å². The van der Waals surface area contributed by atoms with E-state index in [0.29, 0.717) is 6.42 Å². The van der Waals surface area contributed by atoms with E-state index in [4.69, 9.17) is 9.84 Å². The zero-order valence-corrected chi connectivity index (χ0v) is 11.3. The summed E-state index contributed by atoms with van der Waals surface area (Å²) in [6.07, 6.45) is 0.482. The fraction of sp³-hybridized carbons (Fsp3) is 0.429. The lowest BCUT2D eigenvalue weighted by molar-refractivity contribution is 0.0328. The van der Waals surface area contributed by atoms with Gasteiger partial charge >= 0.3 is 11.9 Å². The highest BCUT2D eigenvalue weighted by Crippen LogP contribution is 2.12. The molecule has 4 nitrogen and oxygen atoms in total. The highest BCUT2D eigenvalue weighted by atomic mass is 16.5. The molecule has 0 saturated carbocycles. The summed E-state index contributed by atoms with van der Waals surface area (Å²) >= 11 is 0. The lowest BCUT2D eigenvalue weighted by Gasteiger charge is -2.11. The van der Waals surface area contributed by atoms with Gasteiger partial charge in [0.1, 0.15) is 0 Å². The fourth-order valence-electron chi connectivity index (χ4n) is 1.18. The normalized spacial score (nSPS) is 10.9. The molecule has 0 aliphatic rings. The molecule has 1 aromatic rings. The molecule has 1 rings (SSSR count). The van der Waals surface area contributed by atoms with E-state index in [0.717, 1.165) is 0 Å². The molecule has 1 aromatic carbocycles. The number of carboxylic acid groups (broad SMARTS) is 1. The summed E-state index contributed by atoms with van der Waals surface area (Å²) in [5.74, 6) is -1.72. The molecule has 0 amide bonds. The van der Waals surface area contributed by atoms with Crippen molar-refractivity contribution in [1.29, 1.82) is 0 Å². The highest BCUT2D eigenvalue weighted by Gasteiger charge is 2.18. The van der Waals surface area contributed by atoms with Crippen molar-refractivity contribution in [3.8, 4) is 0 Å². The minimum Gasteiger partial charge on any atom is -0.478 e. The molecular formula is C14H20O4. The van der Waals surface area contributed by atoms with Crippen LogP contribution < -0.4 is 0 Å². The van der Waals surface area contributed by atoms with Crippen molar-refractivity contribution in [3.63, 3.8) is 0 Å². The first-order valence-electron chi connectivity index (χ1n) is 6.09. The summed E-state index contributed by atoms with van der Waals surface area (Å²) in [5.41, 5.74) is 0.0612. The first-order chi connectivity index (χ1) is 8.56. The number of hydrogen-bond donors (Lipinski definition) is 1. The molecule has 0 aliphatic heterocycles. The molecule has 0 spiro atoms. The molecule has 0 fully saturated rings. The monoisotopic (exact) mass is 252 g/mol. The van der Waals surface area contributed by atoms with Crippen molar-refractivity contribution < 1.29 is 19.4 Å². The topological polar surface area (TPSA) is 63.6 Å². The SMILES string of the molecule is CC.CCC(C)OC(=O)c1ccccc1C(=O)O. The Morgan fingerprint density at radius 2 is 1.72 bits per heavy atom. The van der Waals surface area contributed by atoms with Gasteiger partial charge in [-0.15, -0.1) is 0 Å². The molecule has 1 N–H and O–H groups in total. The van der Waals surface area contributed by atoms with Gasteiger partial charge in [0, 0.05) is 0 Å². The van der Waals surface area contributed by atoms with Crippen molar-refractivity contribution in [2.24, 2.45) is 0 Å². The number of carboxylic acids is 1. The molecule has 18 heavy (non-hydrogen) atoms. The maximum Gasteiger partial charge on any atom is 0.339 e. The molecular weight excluding hydrogens is 232 g/mol. The summed E-state index contributed by atoms with van der Waals surface area (Å²) in [6, 6.07) is 6.02. The second kappa shape index (κ2) is 8.28. The molecule has 1 unspecified atom stereocenters. The van der Waals surface area contributed by atoms with Gasteiger partial charge < -0.3 is 9.84 Å². The Kier molecular flexibility index (Phi) is 7.43. The Balaban J connectivity index is 0.00000137.